The summed E-state index contributed by atoms with van der Waals surface area (Å²) in [6.07, 6.45) is 1.52. The fourth-order valence-electron chi connectivity index (χ4n) is 2.91. The molecular weight excluding hydrogens is 370 g/mol. The van der Waals surface area contributed by atoms with Crippen molar-refractivity contribution in [2.75, 3.05) is 38.5 Å². The number of sulfonamides is 1. The molecule has 0 spiro atoms. The number of aromatic nitrogens is 2. The van der Waals surface area contributed by atoms with E-state index in [0.717, 1.165) is 29.0 Å². The summed E-state index contributed by atoms with van der Waals surface area (Å²) in [4.78, 5) is 11.9. The first-order valence-corrected chi connectivity index (χ1v) is 10.6. The molecule has 1 aromatic carbocycles. The first-order chi connectivity index (χ1) is 12.5. The molecule has 0 atom stereocenters. The van der Waals surface area contributed by atoms with E-state index in [1.165, 1.54) is 6.33 Å². The van der Waals surface area contributed by atoms with E-state index in [2.05, 4.69) is 20.2 Å². The molecule has 136 valence electrons. The Bertz CT molecular complexity index is 1010. The second kappa shape index (κ2) is 6.92. The zero-order valence-electron chi connectivity index (χ0n) is 14.3. The average Bonchev–Trinajstić information content (AvgIpc) is 3.12. The largest absolute Gasteiger partial charge is 0.340 e. The fourth-order valence-corrected chi connectivity index (χ4v) is 5.07. The van der Waals surface area contributed by atoms with Crippen molar-refractivity contribution in [3.63, 3.8) is 0 Å². The van der Waals surface area contributed by atoms with Gasteiger partial charge >= 0.3 is 0 Å². The summed E-state index contributed by atoms with van der Waals surface area (Å²) in [5.74, 6) is 0.714. The zero-order valence-corrected chi connectivity index (χ0v) is 15.9. The van der Waals surface area contributed by atoms with Gasteiger partial charge in [-0.3, -0.25) is 0 Å². The van der Waals surface area contributed by atoms with Crippen LogP contribution in [-0.2, 0) is 10.0 Å². The number of piperazine rings is 1. The lowest BCUT2D eigenvalue weighted by molar-refractivity contribution is 0.222. The van der Waals surface area contributed by atoms with Crippen LogP contribution in [0.15, 0.2) is 46.9 Å². The predicted octanol–water partition coefficient (Wildman–Crippen LogP) is 2.37. The highest BCUT2D eigenvalue weighted by Crippen LogP contribution is 2.27. The van der Waals surface area contributed by atoms with Crippen molar-refractivity contribution in [2.24, 2.45) is 0 Å². The maximum atomic E-state index is 12.8. The Balaban J connectivity index is 1.54. The molecule has 1 aliphatic heterocycles. The Hall–Kier alpha value is -2.07. The van der Waals surface area contributed by atoms with Crippen LogP contribution in [0.4, 0.5) is 11.5 Å². The maximum absolute atomic E-state index is 12.8. The van der Waals surface area contributed by atoms with E-state index in [0.29, 0.717) is 23.8 Å². The second-order valence-corrected chi connectivity index (χ2v) is 9.05. The number of thiophene rings is 1. The number of rotatable bonds is 4. The van der Waals surface area contributed by atoms with E-state index in [9.17, 15) is 8.42 Å². The van der Waals surface area contributed by atoms with E-state index >= 15 is 0 Å². The van der Waals surface area contributed by atoms with Crippen molar-refractivity contribution >= 4 is 43.1 Å². The highest BCUT2D eigenvalue weighted by Gasteiger charge is 2.27. The van der Waals surface area contributed by atoms with Crippen LogP contribution in [0.1, 0.15) is 0 Å². The number of hydrogen-bond donors (Lipinski definition) is 1. The fraction of sp³-hybridized carbons (Fsp3) is 0.294. The third-order valence-electron chi connectivity index (χ3n) is 4.48. The number of likely N-dealkylation sites (N-methyl/N-ethyl adjacent to an activating group) is 1. The van der Waals surface area contributed by atoms with E-state index < -0.39 is 10.0 Å². The second-order valence-electron chi connectivity index (χ2n) is 6.22. The molecule has 1 saturated heterocycles. The van der Waals surface area contributed by atoms with Crippen LogP contribution in [0.2, 0.25) is 0 Å². The Labute approximate surface area is 156 Å². The van der Waals surface area contributed by atoms with Crippen LogP contribution in [0, 0.1) is 0 Å². The van der Waals surface area contributed by atoms with Crippen LogP contribution in [0.3, 0.4) is 0 Å². The molecule has 0 amide bonds. The summed E-state index contributed by atoms with van der Waals surface area (Å²) < 4.78 is 27.1. The van der Waals surface area contributed by atoms with Gasteiger partial charge in [0.1, 0.15) is 17.0 Å². The molecule has 4 rings (SSSR count). The van der Waals surface area contributed by atoms with Crippen molar-refractivity contribution in [3.05, 3.63) is 42.0 Å². The van der Waals surface area contributed by atoms with Crippen LogP contribution >= 0.6 is 11.3 Å². The highest BCUT2D eigenvalue weighted by atomic mass is 32.2. The number of nitrogens with zero attached hydrogens (tertiary/aromatic N) is 4. The third kappa shape index (κ3) is 3.30. The topological polar surface area (TPSA) is 78.4 Å². The van der Waals surface area contributed by atoms with Gasteiger partial charge in [-0.2, -0.15) is 4.31 Å². The van der Waals surface area contributed by atoms with Gasteiger partial charge in [-0.15, -0.1) is 11.3 Å². The monoisotopic (exact) mass is 389 g/mol. The Morgan fingerprint density at radius 3 is 2.50 bits per heavy atom. The standard InChI is InChI=1S/C17H19N5O2S2/c1-21-7-9-22(10-8-21)26(23,24)14-4-2-13(3-5-14)20-16-15-6-11-25-17(15)19-12-18-16/h2-6,11-12H,7-10H2,1H3,(H,18,19,20). The minimum atomic E-state index is -3.45. The summed E-state index contributed by atoms with van der Waals surface area (Å²) in [5, 5.41) is 6.16. The van der Waals surface area contributed by atoms with Crippen LogP contribution in [0.25, 0.3) is 10.2 Å². The smallest absolute Gasteiger partial charge is 0.243 e. The van der Waals surface area contributed by atoms with Gasteiger partial charge in [0.15, 0.2) is 0 Å². The minimum absolute atomic E-state index is 0.316. The molecule has 7 nitrogen and oxygen atoms in total. The van der Waals surface area contributed by atoms with E-state index in [-0.39, 0.29) is 0 Å². The van der Waals surface area contributed by atoms with Gasteiger partial charge in [-0.1, -0.05) is 0 Å². The average molecular weight is 390 g/mol. The third-order valence-corrected chi connectivity index (χ3v) is 7.21. The number of benzene rings is 1. The molecule has 0 aliphatic carbocycles. The molecule has 1 N–H and O–H groups in total. The lowest BCUT2D eigenvalue weighted by atomic mass is 10.3. The van der Waals surface area contributed by atoms with Gasteiger partial charge in [0.2, 0.25) is 10.0 Å². The van der Waals surface area contributed by atoms with E-state index in [1.54, 1.807) is 39.9 Å². The van der Waals surface area contributed by atoms with Crippen molar-refractivity contribution in [3.8, 4) is 0 Å². The zero-order chi connectivity index (χ0) is 18.1. The molecule has 1 aliphatic rings. The Morgan fingerprint density at radius 1 is 1.04 bits per heavy atom. The Morgan fingerprint density at radius 2 is 1.77 bits per heavy atom. The number of nitrogens with one attached hydrogen (secondary N) is 1. The van der Waals surface area contributed by atoms with Crippen LogP contribution in [0.5, 0.6) is 0 Å². The van der Waals surface area contributed by atoms with E-state index in [1.807, 2.05) is 18.5 Å². The van der Waals surface area contributed by atoms with Gasteiger partial charge in [0.25, 0.3) is 0 Å². The lowest BCUT2D eigenvalue weighted by Crippen LogP contribution is -2.46. The predicted molar refractivity (Wildman–Crippen MR) is 103 cm³/mol. The lowest BCUT2D eigenvalue weighted by Gasteiger charge is -2.31. The summed E-state index contributed by atoms with van der Waals surface area (Å²) in [6, 6.07) is 8.78. The van der Waals surface area contributed by atoms with Crippen molar-refractivity contribution in [2.45, 2.75) is 4.90 Å². The molecule has 3 aromatic rings. The molecule has 3 heterocycles. The SMILES string of the molecule is CN1CCN(S(=O)(=O)c2ccc(Nc3ncnc4sccc34)cc2)CC1. The summed E-state index contributed by atoms with van der Waals surface area (Å²) >= 11 is 1.55. The summed E-state index contributed by atoms with van der Waals surface area (Å²) in [7, 11) is -1.44. The van der Waals surface area contributed by atoms with E-state index in [4.69, 9.17) is 0 Å². The Kier molecular flexibility index (Phi) is 4.62. The van der Waals surface area contributed by atoms with Crippen molar-refractivity contribution in [1.29, 1.82) is 0 Å². The van der Waals surface area contributed by atoms with Gasteiger partial charge < -0.3 is 10.2 Å². The van der Waals surface area contributed by atoms with Crippen molar-refractivity contribution in [1.82, 2.24) is 19.2 Å². The number of fused-ring (bicyclic) bond motifs is 1. The highest BCUT2D eigenvalue weighted by molar-refractivity contribution is 7.89. The van der Waals surface area contributed by atoms with Crippen molar-refractivity contribution < 1.29 is 8.42 Å². The quantitative estimate of drug-likeness (QED) is 0.738. The molecule has 9 heteroatoms. The molecule has 1 fully saturated rings. The molecule has 26 heavy (non-hydrogen) atoms. The van der Waals surface area contributed by atoms with Gasteiger partial charge in [-0.05, 0) is 42.8 Å². The normalized spacial score (nSPS) is 16.8. The molecular formula is C17H19N5O2S2. The minimum Gasteiger partial charge on any atom is -0.340 e. The molecule has 0 bridgehead atoms. The molecule has 0 radical (unpaired) electrons. The van der Waals surface area contributed by atoms with Gasteiger partial charge in [0.05, 0.1) is 10.3 Å². The molecule has 0 unspecified atom stereocenters. The van der Waals surface area contributed by atoms with Gasteiger partial charge in [0, 0.05) is 31.9 Å². The molecule has 2 aromatic heterocycles. The van der Waals surface area contributed by atoms with Crippen LogP contribution in [-0.4, -0.2) is 60.8 Å². The first-order valence-electron chi connectivity index (χ1n) is 8.28. The van der Waals surface area contributed by atoms with Crippen LogP contribution < -0.4 is 5.32 Å². The maximum Gasteiger partial charge on any atom is 0.243 e. The first kappa shape index (κ1) is 17.3. The summed E-state index contributed by atoms with van der Waals surface area (Å²) in [5.41, 5.74) is 0.786. The summed E-state index contributed by atoms with van der Waals surface area (Å²) in [6.45, 7) is 2.55. The molecule has 0 saturated carbocycles. The van der Waals surface area contributed by atoms with Gasteiger partial charge in [-0.25, -0.2) is 18.4 Å². The number of anilines is 2. The number of hydrogen-bond acceptors (Lipinski definition) is 7.